The van der Waals surface area contributed by atoms with Crippen LogP contribution in [0.3, 0.4) is 0 Å². The molecule has 2 aromatic heterocycles. The van der Waals surface area contributed by atoms with Gasteiger partial charge in [0, 0.05) is 42.0 Å². The van der Waals surface area contributed by atoms with E-state index in [-0.39, 0.29) is 18.2 Å². The Hall–Kier alpha value is -3.16. The molecule has 0 aliphatic heterocycles. The molecule has 1 aliphatic rings. The molecule has 0 bridgehead atoms. The van der Waals surface area contributed by atoms with E-state index in [1.807, 2.05) is 38.6 Å². The largest absolute Gasteiger partial charge is 0.444 e. The molecule has 8 heteroatoms. The topological polar surface area (TPSA) is 94.0 Å². The number of anilines is 1. The minimum absolute atomic E-state index is 0.0861. The molecule has 8 nitrogen and oxygen atoms in total. The molecule has 176 valence electrons. The van der Waals surface area contributed by atoms with Crippen molar-refractivity contribution in [2.75, 3.05) is 5.32 Å². The maximum absolute atomic E-state index is 12.1. The lowest BCUT2D eigenvalue weighted by molar-refractivity contribution is 0.0505. The van der Waals surface area contributed by atoms with Crippen molar-refractivity contribution in [1.82, 2.24) is 25.1 Å². The van der Waals surface area contributed by atoms with Crippen molar-refractivity contribution < 1.29 is 9.53 Å². The number of carbonyl (C=O) groups excluding carboxylic acids is 1. The summed E-state index contributed by atoms with van der Waals surface area (Å²) in [6.07, 6.45) is 4.07. The summed E-state index contributed by atoms with van der Waals surface area (Å²) in [4.78, 5) is 21.2. The Morgan fingerprint density at radius 3 is 2.67 bits per heavy atom. The molecule has 0 radical (unpaired) electrons. The summed E-state index contributed by atoms with van der Waals surface area (Å²) in [5.74, 6) is 0.980. The lowest BCUT2D eigenvalue weighted by Crippen LogP contribution is -2.38. The van der Waals surface area contributed by atoms with Crippen molar-refractivity contribution >= 4 is 22.9 Å². The van der Waals surface area contributed by atoms with Gasteiger partial charge in [0.1, 0.15) is 5.60 Å². The molecule has 0 spiro atoms. The Kier molecular flexibility index (Phi) is 6.28. The van der Waals surface area contributed by atoms with Crippen molar-refractivity contribution in [3.8, 4) is 11.3 Å². The van der Waals surface area contributed by atoms with Gasteiger partial charge < -0.3 is 15.4 Å². The summed E-state index contributed by atoms with van der Waals surface area (Å²) in [5.41, 5.74) is 3.62. The van der Waals surface area contributed by atoms with Crippen LogP contribution in [0.25, 0.3) is 22.2 Å². The summed E-state index contributed by atoms with van der Waals surface area (Å²) in [6.45, 7) is 9.97. The van der Waals surface area contributed by atoms with Gasteiger partial charge >= 0.3 is 6.09 Å². The normalized spacial score (nSPS) is 18.6. The Balaban J connectivity index is 1.45. The highest BCUT2D eigenvalue weighted by atomic mass is 16.6. The van der Waals surface area contributed by atoms with Gasteiger partial charge in [-0.25, -0.2) is 14.8 Å². The first kappa shape index (κ1) is 23.0. The maximum Gasteiger partial charge on any atom is 0.407 e. The van der Waals surface area contributed by atoms with Gasteiger partial charge in [-0.1, -0.05) is 19.9 Å². The van der Waals surface area contributed by atoms with Crippen LogP contribution in [0.4, 0.5) is 10.7 Å². The third kappa shape index (κ3) is 5.43. The molecule has 2 heterocycles. The number of amides is 1. The number of nitrogens with one attached hydrogen (secondary N) is 2. The van der Waals surface area contributed by atoms with Crippen LogP contribution in [0.15, 0.2) is 30.5 Å². The molecular weight excluding hydrogens is 416 g/mol. The molecule has 0 unspecified atom stereocenters. The van der Waals surface area contributed by atoms with Crippen molar-refractivity contribution in [3.63, 3.8) is 0 Å². The summed E-state index contributed by atoms with van der Waals surface area (Å²) >= 11 is 0. The number of aromatic nitrogens is 4. The zero-order valence-corrected chi connectivity index (χ0v) is 20.3. The third-order valence-electron chi connectivity index (χ3n) is 5.86. The highest BCUT2D eigenvalue weighted by Crippen LogP contribution is 2.29. The SMILES string of the molecule is CC(C)c1c2cc(-c3ccnc(N[C@H]4CC[C@H](NC(=O)OC(C)(C)C)C4)n3)ccc2nn1C. The molecular formula is C25H34N6O2. The summed E-state index contributed by atoms with van der Waals surface area (Å²) in [6, 6.07) is 8.49. The van der Waals surface area contributed by atoms with Gasteiger partial charge in [0.05, 0.1) is 11.2 Å². The number of ether oxygens (including phenoxy) is 1. The van der Waals surface area contributed by atoms with Crippen LogP contribution < -0.4 is 10.6 Å². The number of hydrogen-bond acceptors (Lipinski definition) is 6. The monoisotopic (exact) mass is 450 g/mol. The second-order valence-electron chi connectivity index (χ2n) is 10.2. The predicted molar refractivity (Wildman–Crippen MR) is 130 cm³/mol. The van der Waals surface area contributed by atoms with E-state index in [4.69, 9.17) is 9.72 Å². The van der Waals surface area contributed by atoms with E-state index in [0.29, 0.717) is 11.9 Å². The number of fused-ring (bicyclic) bond motifs is 1. The Labute approximate surface area is 195 Å². The molecule has 3 aromatic rings. The molecule has 1 aliphatic carbocycles. The highest BCUT2D eigenvalue weighted by Gasteiger charge is 2.28. The third-order valence-corrected chi connectivity index (χ3v) is 5.86. The lowest BCUT2D eigenvalue weighted by Gasteiger charge is -2.21. The lowest BCUT2D eigenvalue weighted by atomic mass is 10.0. The Bertz CT molecular complexity index is 1150. The van der Waals surface area contributed by atoms with Gasteiger partial charge in [0.15, 0.2) is 0 Å². The van der Waals surface area contributed by atoms with Crippen molar-refractivity contribution in [3.05, 3.63) is 36.2 Å². The average Bonchev–Trinajstić information content (AvgIpc) is 3.28. The van der Waals surface area contributed by atoms with Crippen LogP contribution in [-0.2, 0) is 11.8 Å². The summed E-state index contributed by atoms with van der Waals surface area (Å²) in [5, 5.41) is 12.2. The first-order valence-corrected chi connectivity index (χ1v) is 11.6. The van der Waals surface area contributed by atoms with E-state index < -0.39 is 5.60 Å². The van der Waals surface area contributed by atoms with Crippen LogP contribution in [-0.4, -0.2) is 43.5 Å². The van der Waals surface area contributed by atoms with Crippen LogP contribution in [0, 0.1) is 0 Å². The molecule has 2 atom stereocenters. The van der Waals surface area contributed by atoms with E-state index in [9.17, 15) is 4.79 Å². The molecule has 2 N–H and O–H groups in total. The molecule has 0 saturated heterocycles. The minimum atomic E-state index is -0.497. The van der Waals surface area contributed by atoms with Crippen molar-refractivity contribution in [2.24, 2.45) is 7.05 Å². The van der Waals surface area contributed by atoms with Gasteiger partial charge in [-0.05, 0) is 64.2 Å². The van der Waals surface area contributed by atoms with Gasteiger partial charge in [-0.15, -0.1) is 0 Å². The Morgan fingerprint density at radius 1 is 1.18 bits per heavy atom. The number of nitrogens with zero attached hydrogens (tertiary/aromatic N) is 4. The zero-order valence-electron chi connectivity index (χ0n) is 20.3. The fraction of sp³-hybridized carbons (Fsp3) is 0.520. The second-order valence-corrected chi connectivity index (χ2v) is 10.2. The number of benzene rings is 1. The van der Waals surface area contributed by atoms with Crippen LogP contribution >= 0.6 is 0 Å². The first-order chi connectivity index (χ1) is 15.6. The fourth-order valence-corrected chi connectivity index (χ4v) is 4.55. The molecule has 1 fully saturated rings. The smallest absolute Gasteiger partial charge is 0.407 e. The van der Waals surface area contributed by atoms with Crippen molar-refractivity contribution in [2.45, 2.75) is 77.5 Å². The van der Waals surface area contributed by atoms with Gasteiger partial charge in [-0.3, -0.25) is 4.68 Å². The second kappa shape index (κ2) is 9.00. The predicted octanol–water partition coefficient (Wildman–Crippen LogP) is 5.01. The van der Waals surface area contributed by atoms with Gasteiger partial charge in [-0.2, -0.15) is 5.10 Å². The van der Waals surface area contributed by atoms with Gasteiger partial charge in [0.25, 0.3) is 0 Å². The number of carbonyl (C=O) groups is 1. The Morgan fingerprint density at radius 2 is 1.94 bits per heavy atom. The van der Waals surface area contributed by atoms with E-state index in [0.717, 1.165) is 41.4 Å². The average molecular weight is 451 g/mol. The highest BCUT2D eigenvalue weighted by molar-refractivity contribution is 5.86. The number of rotatable bonds is 5. The quantitative estimate of drug-likeness (QED) is 0.567. The van der Waals surface area contributed by atoms with Crippen LogP contribution in [0.5, 0.6) is 0 Å². The first-order valence-electron chi connectivity index (χ1n) is 11.6. The maximum atomic E-state index is 12.1. The van der Waals surface area contributed by atoms with Crippen molar-refractivity contribution in [1.29, 1.82) is 0 Å². The number of hydrogen-bond donors (Lipinski definition) is 2. The summed E-state index contributed by atoms with van der Waals surface area (Å²) in [7, 11) is 1.99. The number of aryl methyl sites for hydroxylation is 1. The molecule has 1 saturated carbocycles. The molecule has 33 heavy (non-hydrogen) atoms. The molecule has 1 aromatic carbocycles. The fourth-order valence-electron chi connectivity index (χ4n) is 4.55. The van der Waals surface area contributed by atoms with E-state index in [1.54, 1.807) is 6.20 Å². The van der Waals surface area contributed by atoms with E-state index in [1.165, 1.54) is 5.69 Å². The molecule has 4 rings (SSSR count). The minimum Gasteiger partial charge on any atom is -0.444 e. The van der Waals surface area contributed by atoms with Gasteiger partial charge in [0.2, 0.25) is 5.95 Å². The number of alkyl carbamates (subject to hydrolysis) is 1. The molecule has 1 amide bonds. The van der Waals surface area contributed by atoms with Crippen LogP contribution in [0.1, 0.15) is 65.5 Å². The zero-order chi connectivity index (χ0) is 23.8. The van der Waals surface area contributed by atoms with Crippen LogP contribution in [0.2, 0.25) is 0 Å². The summed E-state index contributed by atoms with van der Waals surface area (Å²) < 4.78 is 7.34. The van der Waals surface area contributed by atoms with E-state index in [2.05, 4.69) is 52.8 Å². The van der Waals surface area contributed by atoms with E-state index >= 15 is 0 Å². The standard InChI is InChI=1S/C25H34N6O2/c1-15(2)22-19-13-16(7-10-21(19)30-31(22)6)20-11-12-26-23(29-20)27-17-8-9-18(14-17)28-24(32)33-25(3,4)5/h7,10-13,15,17-18H,8-9,14H2,1-6H3,(H,28,32)(H,26,27,29)/t17-,18-/m0/s1.